The topological polar surface area (TPSA) is 43.6 Å². The minimum absolute atomic E-state index is 0.215. The molecule has 0 saturated carbocycles. The van der Waals surface area contributed by atoms with E-state index in [1.807, 2.05) is 67.6 Å². The minimum Gasteiger partial charge on any atom is -0.494 e. The van der Waals surface area contributed by atoms with Gasteiger partial charge in [-0.1, -0.05) is 60.7 Å². The number of fused-ring (bicyclic) bond motifs is 1. The van der Waals surface area contributed by atoms with Gasteiger partial charge in [0.05, 0.1) is 16.8 Å². The summed E-state index contributed by atoms with van der Waals surface area (Å²) in [5.41, 5.74) is 4.12. The van der Waals surface area contributed by atoms with Gasteiger partial charge in [0.25, 0.3) is 5.91 Å². The first-order valence-electron chi connectivity index (χ1n) is 10.7. The number of aromatic nitrogens is 1. The van der Waals surface area contributed by atoms with E-state index in [4.69, 9.17) is 4.74 Å². The molecule has 0 bridgehead atoms. The summed E-state index contributed by atoms with van der Waals surface area (Å²) in [6.07, 6.45) is 1.82. The predicted molar refractivity (Wildman–Crippen MR) is 127 cm³/mol. The molecule has 0 radical (unpaired) electrons. The second-order valence-corrected chi connectivity index (χ2v) is 8.38. The summed E-state index contributed by atoms with van der Waals surface area (Å²) in [5, 5.41) is 0. The summed E-state index contributed by atoms with van der Waals surface area (Å²) in [5.74, 6) is 0.625. The predicted octanol–water partition coefficient (Wildman–Crippen LogP) is 5.84. The Kier molecular flexibility index (Phi) is 6.63. The molecule has 0 N–H and O–H groups in total. The number of amides is 1. The van der Waals surface area contributed by atoms with E-state index in [1.54, 1.807) is 0 Å². The van der Waals surface area contributed by atoms with Gasteiger partial charge in [0.2, 0.25) is 0 Å². The Morgan fingerprint density at radius 1 is 0.968 bits per heavy atom. The van der Waals surface area contributed by atoms with Gasteiger partial charge in [0.15, 0.2) is 4.80 Å². The molecule has 1 heterocycles. The van der Waals surface area contributed by atoms with Gasteiger partial charge in [-0.25, -0.2) is 0 Å². The van der Waals surface area contributed by atoms with E-state index < -0.39 is 0 Å². The van der Waals surface area contributed by atoms with Crippen LogP contribution in [0.3, 0.4) is 0 Å². The van der Waals surface area contributed by atoms with Crippen molar-refractivity contribution < 1.29 is 9.53 Å². The number of aryl methyl sites for hydroxylation is 1. The van der Waals surface area contributed by atoms with Crippen LogP contribution in [0.25, 0.3) is 10.2 Å². The van der Waals surface area contributed by atoms with Crippen molar-refractivity contribution in [3.8, 4) is 5.75 Å². The molecule has 3 aromatic carbocycles. The van der Waals surface area contributed by atoms with Crippen molar-refractivity contribution in [1.29, 1.82) is 0 Å². The van der Waals surface area contributed by atoms with Crippen LogP contribution in [0.5, 0.6) is 5.75 Å². The van der Waals surface area contributed by atoms with E-state index in [9.17, 15) is 4.79 Å². The summed E-state index contributed by atoms with van der Waals surface area (Å²) < 4.78 is 8.82. The molecule has 0 unspecified atom stereocenters. The number of ether oxygens (including phenoxy) is 1. The van der Waals surface area contributed by atoms with Gasteiger partial charge in [-0.05, 0) is 61.2 Å². The minimum atomic E-state index is -0.215. The van der Waals surface area contributed by atoms with E-state index in [-0.39, 0.29) is 5.91 Å². The molecule has 1 amide bonds. The molecule has 0 aliphatic rings. The summed E-state index contributed by atoms with van der Waals surface area (Å²) in [4.78, 5) is 18.1. The average molecular weight is 431 g/mol. The Bertz CT molecular complexity index is 1240. The quantitative estimate of drug-likeness (QED) is 0.369. The zero-order chi connectivity index (χ0) is 21.6. The van der Waals surface area contributed by atoms with Gasteiger partial charge in [-0.3, -0.25) is 4.79 Å². The standard InChI is InChI=1S/C26H26N2O2S/c1-3-16-28-23-15-14-22(30-4-2)18-24(23)31-26(28)27-25(29)21-12-10-20(11-13-21)17-19-8-6-5-7-9-19/h5-15,18H,3-4,16-17H2,1-2H3. The first-order chi connectivity index (χ1) is 15.2. The lowest BCUT2D eigenvalue weighted by Gasteiger charge is -2.05. The van der Waals surface area contributed by atoms with Crippen LogP contribution in [0, 0.1) is 0 Å². The number of hydrogen-bond acceptors (Lipinski definition) is 3. The van der Waals surface area contributed by atoms with E-state index in [1.165, 1.54) is 22.5 Å². The van der Waals surface area contributed by atoms with Crippen LogP contribution in [0.1, 0.15) is 41.8 Å². The second-order valence-electron chi connectivity index (χ2n) is 7.38. The summed E-state index contributed by atoms with van der Waals surface area (Å²) in [7, 11) is 0. The Balaban J connectivity index is 1.62. The Morgan fingerprint density at radius 2 is 1.71 bits per heavy atom. The zero-order valence-corrected chi connectivity index (χ0v) is 18.7. The molecular weight excluding hydrogens is 404 g/mol. The maximum Gasteiger partial charge on any atom is 0.279 e. The van der Waals surface area contributed by atoms with Crippen molar-refractivity contribution in [2.75, 3.05) is 6.61 Å². The fraction of sp³-hybridized carbons (Fsp3) is 0.231. The molecule has 158 valence electrons. The zero-order valence-electron chi connectivity index (χ0n) is 17.9. The van der Waals surface area contributed by atoms with Gasteiger partial charge >= 0.3 is 0 Å². The van der Waals surface area contributed by atoms with Crippen molar-refractivity contribution in [2.45, 2.75) is 33.2 Å². The SMILES string of the molecule is CCCn1c(=NC(=O)c2ccc(Cc3ccccc3)cc2)sc2cc(OCC)ccc21. The van der Waals surface area contributed by atoms with Gasteiger partial charge < -0.3 is 9.30 Å². The summed E-state index contributed by atoms with van der Waals surface area (Å²) in [6.45, 7) is 5.54. The highest BCUT2D eigenvalue weighted by molar-refractivity contribution is 7.16. The highest BCUT2D eigenvalue weighted by atomic mass is 32.1. The largest absolute Gasteiger partial charge is 0.494 e. The summed E-state index contributed by atoms with van der Waals surface area (Å²) >= 11 is 1.53. The first-order valence-corrected chi connectivity index (χ1v) is 11.5. The Labute approximate surface area is 186 Å². The maximum absolute atomic E-state index is 12.9. The molecule has 4 rings (SSSR count). The fourth-order valence-corrected chi connectivity index (χ4v) is 4.67. The molecule has 0 spiro atoms. The highest BCUT2D eigenvalue weighted by Gasteiger charge is 2.10. The molecule has 4 nitrogen and oxygen atoms in total. The molecule has 0 fully saturated rings. The van der Waals surface area contributed by atoms with Crippen LogP contribution in [0.15, 0.2) is 77.8 Å². The third kappa shape index (κ3) is 4.94. The van der Waals surface area contributed by atoms with Crippen molar-refractivity contribution >= 4 is 27.5 Å². The van der Waals surface area contributed by atoms with E-state index in [2.05, 4.69) is 28.6 Å². The number of thiazole rings is 1. The molecule has 4 aromatic rings. The number of rotatable bonds is 7. The number of nitrogens with zero attached hydrogens (tertiary/aromatic N) is 2. The number of carbonyl (C=O) groups excluding carboxylic acids is 1. The van der Waals surface area contributed by atoms with Crippen LogP contribution in [0.2, 0.25) is 0 Å². The molecule has 5 heteroatoms. The second kappa shape index (κ2) is 9.75. The van der Waals surface area contributed by atoms with Crippen molar-refractivity contribution in [3.63, 3.8) is 0 Å². The maximum atomic E-state index is 12.9. The van der Waals surface area contributed by atoms with Gasteiger partial charge in [-0.15, -0.1) is 0 Å². The number of benzene rings is 3. The van der Waals surface area contributed by atoms with E-state index in [0.717, 1.165) is 40.2 Å². The van der Waals surface area contributed by atoms with Crippen LogP contribution < -0.4 is 9.54 Å². The third-order valence-corrected chi connectivity index (χ3v) is 6.10. The Hall–Kier alpha value is -3.18. The molecule has 0 atom stereocenters. The van der Waals surface area contributed by atoms with Crippen molar-refractivity contribution in [2.24, 2.45) is 4.99 Å². The van der Waals surface area contributed by atoms with Crippen LogP contribution in [0.4, 0.5) is 0 Å². The Morgan fingerprint density at radius 3 is 2.42 bits per heavy atom. The van der Waals surface area contributed by atoms with Crippen LogP contribution >= 0.6 is 11.3 Å². The van der Waals surface area contributed by atoms with Gasteiger partial charge in [0.1, 0.15) is 5.75 Å². The lowest BCUT2D eigenvalue weighted by Crippen LogP contribution is -2.16. The molecule has 0 saturated heterocycles. The normalized spacial score (nSPS) is 11.7. The monoisotopic (exact) mass is 430 g/mol. The lowest BCUT2D eigenvalue weighted by molar-refractivity contribution is 0.0998. The molecule has 0 aliphatic heterocycles. The van der Waals surface area contributed by atoms with Gasteiger partial charge in [-0.2, -0.15) is 4.99 Å². The number of hydrogen-bond donors (Lipinski definition) is 0. The highest BCUT2D eigenvalue weighted by Crippen LogP contribution is 2.24. The third-order valence-electron chi connectivity index (χ3n) is 5.06. The summed E-state index contributed by atoms with van der Waals surface area (Å²) in [6, 6.07) is 24.1. The van der Waals surface area contributed by atoms with Crippen LogP contribution in [-0.2, 0) is 13.0 Å². The molecular formula is C26H26N2O2S. The average Bonchev–Trinajstić information content (AvgIpc) is 3.11. The van der Waals surface area contributed by atoms with Crippen molar-refractivity contribution in [1.82, 2.24) is 4.57 Å². The molecule has 0 aliphatic carbocycles. The lowest BCUT2D eigenvalue weighted by atomic mass is 10.0. The fourth-order valence-electron chi connectivity index (χ4n) is 3.58. The smallest absolute Gasteiger partial charge is 0.279 e. The van der Waals surface area contributed by atoms with E-state index >= 15 is 0 Å². The van der Waals surface area contributed by atoms with E-state index in [0.29, 0.717) is 12.2 Å². The van der Waals surface area contributed by atoms with Crippen molar-refractivity contribution in [3.05, 3.63) is 94.3 Å². The molecule has 31 heavy (non-hydrogen) atoms. The molecule has 1 aromatic heterocycles. The number of carbonyl (C=O) groups is 1. The van der Waals surface area contributed by atoms with Gasteiger partial charge in [0, 0.05) is 12.1 Å². The first kappa shape index (κ1) is 21.1. The van der Waals surface area contributed by atoms with Crippen LogP contribution in [-0.4, -0.2) is 17.1 Å².